The monoisotopic (exact) mass is 427 g/mol. The number of halogens is 5. The van der Waals surface area contributed by atoms with Gasteiger partial charge in [0.15, 0.2) is 0 Å². The Hall–Kier alpha value is -3.18. The van der Waals surface area contributed by atoms with E-state index >= 15 is 0 Å². The summed E-state index contributed by atoms with van der Waals surface area (Å²) in [4.78, 5) is 37.5. The van der Waals surface area contributed by atoms with Crippen molar-refractivity contribution in [2.45, 2.75) is 12.9 Å². The summed E-state index contributed by atoms with van der Waals surface area (Å²) in [6.07, 6.45) is 1.86. The molecule has 0 spiro atoms. The Morgan fingerprint density at radius 3 is 2.13 bits per heavy atom. The van der Waals surface area contributed by atoms with Crippen LogP contribution in [-0.4, -0.2) is 66.8 Å². The van der Waals surface area contributed by atoms with Gasteiger partial charge in [-0.25, -0.2) is 0 Å². The third-order valence-electron chi connectivity index (χ3n) is 4.17. The van der Waals surface area contributed by atoms with Crippen molar-refractivity contribution in [2.24, 2.45) is 0 Å². The number of rotatable bonds is 6. The molecule has 2 amide bonds. The molecule has 2 aliphatic rings. The van der Waals surface area contributed by atoms with Crippen molar-refractivity contribution >= 4 is 38.0 Å². The Morgan fingerprint density at radius 2 is 1.60 bits per heavy atom. The number of hydrogen-bond acceptors (Lipinski definition) is 6. The molecular formula is C16H10B2F5N2O5. The summed E-state index contributed by atoms with van der Waals surface area (Å²) < 4.78 is 77.8. The van der Waals surface area contributed by atoms with Crippen LogP contribution < -0.4 is 4.74 Å². The summed E-state index contributed by atoms with van der Waals surface area (Å²) in [6, 6.07) is -1.30. The molecule has 1 atom stereocenters. The van der Waals surface area contributed by atoms with Gasteiger partial charge < -0.3 is 0 Å². The number of benzene rings is 1. The first-order valence-electron chi connectivity index (χ1n) is 8.33. The molecule has 30 heavy (non-hydrogen) atoms. The summed E-state index contributed by atoms with van der Waals surface area (Å²) in [5.41, 5.74) is -0.489. The molecule has 155 valence electrons. The van der Waals surface area contributed by atoms with Crippen molar-refractivity contribution in [1.29, 1.82) is 0 Å². The van der Waals surface area contributed by atoms with Crippen LogP contribution in [0.3, 0.4) is 0 Å². The summed E-state index contributed by atoms with van der Waals surface area (Å²) in [5, 5.41) is 0. The third-order valence-corrected chi connectivity index (χ3v) is 4.17. The second-order valence-corrected chi connectivity index (χ2v) is 6.08. The van der Waals surface area contributed by atoms with E-state index in [2.05, 4.69) is 4.65 Å². The van der Waals surface area contributed by atoms with Crippen LogP contribution in [0.1, 0.15) is 0 Å². The maximum absolute atomic E-state index is 14.0. The van der Waals surface area contributed by atoms with Crippen LogP contribution in [0.25, 0.3) is 0 Å². The molecule has 0 aromatic heterocycles. The normalized spacial score (nSPS) is 17.9. The van der Waals surface area contributed by atoms with Crippen LogP contribution in [0, 0.1) is 29.1 Å². The molecule has 3 rings (SSSR count). The van der Waals surface area contributed by atoms with Crippen LogP contribution in [0.4, 0.5) is 22.0 Å². The van der Waals surface area contributed by atoms with Gasteiger partial charge in [0, 0.05) is 0 Å². The predicted molar refractivity (Wildman–Crippen MR) is 91.7 cm³/mol. The van der Waals surface area contributed by atoms with E-state index in [1.807, 2.05) is 0 Å². The van der Waals surface area contributed by atoms with Crippen molar-refractivity contribution < 1.29 is 45.7 Å². The zero-order valence-electron chi connectivity index (χ0n) is 15.1. The number of carbonyl (C=O) groups excluding carboxylic acids is 3. The Balaban J connectivity index is 1.97. The molecular weight excluding hydrogens is 417 g/mol. The van der Waals surface area contributed by atoms with Crippen molar-refractivity contribution in [3.63, 3.8) is 0 Å². The van der Waals surface area contributed by atoms with Gasteiger partial charge in [-0.3, -0.25) is 0 Å². The van der Waals surface area contributed by atoms with Gasteiger partial charge in [-0.1, -0.05) is 0 Å². The van der Waals surface area contributed by atoms with Crippen LogP contribution in [-0.2, 0) is 19.0 Å². The molecule has 1 aromatic rings. The molecule has 0 fully saturated rings. The molecule has 2 aliphatic heterocycles. The Morgan fingerprint density at radius 1 is 1.07 bits per heavy atom. The minimum atomic E-state index is -2.37. The Labute approximate surface area is 167 Å². The molecule has 0 aliphatic carbocycles. The molecule has 0 saturated carbocycles. The van der Waals surface area contributed by atoms with Gasteiger partial charge in [-0.2, -0.15) is 0 Å². The fourth-order valence-corrected chi connectivity index (χ4v) is 2.89. The standard InChI is InChI=1S/C16H10B2F5N2O5/c1-17-30-9(28)5-24-4-6(25-7(26)2-3-8(25)27)16(18-24)29-15-13(22)11(20)10(19)12(21)14(15)23/h2-3,6H,4-5H2,1H3. The van der Waals surface area contributed by atoms with Crippen molar-refractivity contribution in [2.75, 3.05) is 13.1 Å². The number of imide groups is 1. The molecule has 1 unspecified atom stereocenters. The number of nitrogens with zero attached hydrogens (tertiary/aromatic N) is 2. The molecule has 7 nitrogen and oxygen atoms in total. The van der Waals surface area contributed by atoms with Gasteiger partial charge in [-0.15, -0.1) is 0 Å². The van der Waals surface area contributed by atoms with Gasteiger partial charge in [0.2, 0.25) is 0 Å². The average molecular weight is 427 g/mol. The first kappa shape index (κ1) is 21.5. The van der Waals surface area contributed by atoms with E-state index in [0.717, 1.165) is 26.7 Å². The van der Waals surface area contributed by atoms with Gasteiger partial charge in [0.05, 0.1) is 0 Å². The number of carbonyl (C=O) groups is 3. The summed E-state index contributed by atoms with van der Waals surface area (Å²) in [5.74, 6) is -15.2. The second kappa shape index (κ2) is 8.28. The van der Waals surface area contributed by atoms with Crippen LogP contribution in [0.15, 0.2) is 12.2 Å². The quantitative estimate of drug-likeness (QED) is 0.214. The van der Waals surface area contributed by atoms with Crippen molar-refractivity contribution in [1.82, 2.24) is 9.71 Å². The summed E-state index contributed by atoms with van der Waals surface area (Å²) in [7, 11) is 2.11. The van der Waals surface area contributed by atoms with E-state index in [-0.39, 0.29) is 6.54 Å². The molecule has 14 heteroatoms. The minimum absolute atomic E-state index is 0.247. The number of ether oxygens (including phenoxy) is 1. The number of hydrogen-bond donors (Lipinski definition) is 0. The van der Waals surface area contributed by atoms with E-state index in [4.69, 9.17) is 4.74 Å². The Bertz CT molecular complexity index is 956. The molecule has 2 heterocycles. The fraction of sp³-hybridized carbons (Fsp3) is 0.250. The zero-order valence-corrected chi connectivity index (χ0v) is 15.1. The van der Waals surface area contributed by atoms with Crippen molar-refractivity contribution in [3.05, 3.63) is 41.2 Å². The van der Waals surface area contributed by atoms with Crippen LogP contribution in [0.2, 0.25) is 6.82 Å². The summed E-state index contributed by atoms with van der Waals surface area (Å²) in [6.45, 7) is 0.780. The Kier molecular flexibility index (Phi) is 5.94. The van der Waals surface area contributed by atoms with Gasteiger partial charge in [0.25, 0.3) is 0 Å². The van der Waals surface area contributed by atoms with E-state index < -0.39 is 70.9 Å². The van der Waals surface area contributed by atoms with E-state index in [1.165, 1.54) is 11.6 Å². The topological polar surface area (TPSA) is 76.2 Å². The maximum atomic E-state index is 14.0. The number of amides is 2. The van der Waals surface area contributed by atoms with Gasteiger partial charge in [0.1, 0.15) is 0 Å². The van der Waals surface area contributed by atoms with Gasteiger partial charge >= 0.3 is 166 Å². The predicted octanol–water partition coefficient (Wildman–Crippen LogP) is 0.330. The molecule has 0 bridgehead atoms. The van der Waals surface area contributed by atoms with E-state index in [0.29, 0.717) is 4.90 Å². The molecule has 1 radical (unpaired) electrons. The molecule has 0 saturated heterocycles. The second-order valence-electron chi connectivity index (χ2n) is 6.08. The van der Waals surface area contributed by atoms with Gasteiger partial charge in [-0.05, 0) is 0 Å². The fourth-order valence-electron chi connectivity index (χ4n) is 2.89. The van der Waals surface area contributed by atoms with Crippen LogP contribution >= 0.6 is 0 Å². The van der Waals surface area contributed by atoms with Crippen molar-refractivity contribution in [3.8, 4) is 5.75 Å². The summed E-state index contributed by atoms with van der Waals surface area (Å²) >= 11 is 0. The third kappa shape index (κ3) is 3.81. The van der Waals surface area contributed by atoms with E-state index in [1.54, 1.807) is 0 Å². The SMILES string of the molecule is C[B]OC(=O)CN1B=C(Oc2c(F)c(F)c(F)c(F)c2F)C(N2C(=O)C=CC2=O)C1. The molecule has 0 N–H and O–H groups in total. The first-order chi connectivity index (χ1) is 14.1. The average Bonchev–Trinajstić information content (AvgIpc) is 3.23. The van der Waals surface area contributed by atoms with Crippen LogP contribution in [0.5, 0.6) is 5.75 Å². The molecule has 1 aromatic carbocycles. The first-order valence-corrected chi connectivity index (χ1v) is 8.33. The van der Waals surface area contributed by atoms with E-state index in [9.17, 15) is 36.3 Å². The zero-order chi connectivity index (χ0) is 22.2.